The zero-order chi connectivity index (χ0) is 14.4. The number of nitriles is 1. The van der Waals surface area contributed by atoms with Crippen LogP contribution in [0.1, 0.15) is 16.1 Å². The summed E-state index contributed by atoms with van der Waals surface area (Å²) in [4.78, 5) is 11.5. The molecule has 0 aliphatic rings. The van der Waals surface area contributed by atoms with Gasteiger partial charge in [-0.15, -0.1) is 10.2 Å². The summed E-state index contributed by atoms with van der Waals surface area (Å²) in [5.41, 5.74) is 9.15. The predicted octanol–water partition coefficient (Wildman–Crippen LogP) is 0.685. The molecule has 1 amide bonds. The molecule has 0 radical (unpaired) electrons. The van der Waals surface area contributed by atoms with E-state index in [1.165, 1.54) is 6.21 Å². The maximum Gasteiger partial charge on any atom is 0.247 e. The Morgan fingerprint density at radius 3 is 2.80 bits per heavy atom. The molecule has 0 aliphatic heterocycles. The molecule has 8 heteroatoms. The third kappa shape index (κ3) is 3.86. The number of amides is 1. The van der Waals surface area contributed by atoms with Gasteiger partial charge in [-0.25, -0.2) is 5.43 Å². The lowest BCUT2D eigenvalue weighted by molar-refractivity contribution is -0.120. The van der Waals surface area contributed by atoms with E-state index in [-0.39, 0.29) is 12.3 Å². The molecule has 0 saturated heterocycles. The van der Waals surface area contributed by atoms with Gasteiger partial charge in [0.25, 0.3) is 0 Å². The van der Waals surface area contributed by atoms with Crippen molar-refractivity contribution in [3.05, 3.63) is 40.4 Å². The molecule has 0 aliphatic carbocycles. The molecule has 0 spiro atoms. The number of benzene rings is 1. The number of hydrogen-bond donors (Lipinski definition) is 2. The first-order chi connectivity index (χ1) is 9.67. The Labute approximate surface area is 118 Å². The van der Waals surface area contributed by atoms with Crippen molar-refractivity contribution in [3.63, 3.8) is 0 Å². The standard InChI is InChI=1S/C12H10N6OS/c13-6-8-1-3-9(4-2-8)7-15-16-10(19)5-11-17-18-12(14)20-11/h1-4,7H,5H2,(H2,14,18)(H,16,19)/b15-7+. The fourth-order valence-electron chi connectivity index (χ4n) is 1.34. The minimum absolute atomic E-state index is 0.0829. The maximum absolute atomic E-state index is 11.5. The van der Waals surface area contributed by atoms with Crippen LogP contribution in [0.2, 0.25) is 0 Å². The molecular formula is C12H10N6OS. The number of nitrogens with zero attached hydrogens (tertiary/aromatic N) is 4. The lowest BCUT2D eigenvalue weighted by Crippen LogP contribution is -2.19. The third-order valence-electron chi connectivity index (χ3n) is 2.24. The second kappa shape index (κ2) is 6.40. The smallest absolute Gasteiger partial charge is 0.247 e. The Morgan fingerprint density at radius 2 is 2.20 bits per heavy atom. The van der Waals surface area contributed by atoms with E-state index in [9.17, 15) is 4.79 Å². The Kier molecular flexibility index (Phi) is 4.36. The third-order valence-corrected chi connectivity index (χ3v) is 2.99. The molecule has 100 valence electrons. The van der Waals surface area contributed by atoms with Crippen LogP contribution in [-0.4, -0.2) is 22.3 Å². The van der Waals surface area contributed by atoms with Crippen LogP contribution in [0.4, 0.5) is 5.13 Å². The Morgan fingerprint density at radius 1 is 1.45 bits per heavy atom. The molecule has 0 bridgehead atoms. The Hall–Kier alpha value is -2.79. The number of anilines is 1. The number of carbonyl (C=O) groups is 1. The summed E-state index contributed by atoms with van der Waals surface area (Å²) in [5.74, 6) is -0.300. The van der Waals surface area contributed by atoms with E-state index < -0.39 is 0 Å². The number of nitrogen functional groups attached to an aromatic ring is 1. The number of hydrogen-bond acceptors (Lipinski definition) is 7. The van der Waals surface area contributed by atoms with Crippen molar-refractivity contribution in [2.24, 2.45) is 5.10 Å². The maximum atomic E-state index is 11.5. The first-order valence-corrected chi connectivity index (χ1v) is 6.39. The molecule has 0 fully saturated rings. The van der Waals surface area contributed by atoms with Crippen LogP contribution in [-0.2, 0) is 11.2 Å². The summed E-state index contributed by atoms with van der Waals surface area (Å²) in [6.07, 6.45) is 1.58. The van der Waals surface area contributed by atoms with E-state index in [2.05, 4.69) is 20.7 Å². The van der Waals surface area contributed by atoms with Crippen LogP contribution in [0.25, 0.3) is 0 Å². The van der Waals surface area contributed by atoms with Crippen molar-refractivity contribution in [2.45, 2.75) is 6.42 Å². The molecular weight excluding hydrogens is 276 g/mol. The fraction of sp³-hybridized carbons (Fsp3) is 0.0833. The van der Waals surface area contributed by atoms with Crippen LogP contribution in [0, 0.1) is 11.3 Å². The Bertz CT molecular complexity index is 670. The van der Waals surface area contributed by atoms with E-state index in [0.29, 0.717) is 15.7 Å². The summed E-state index contributed by atoms with van der Waals surface area (Å²) in [6, 6.07) is 8.84. The van der Waals surface area contributed by atoms with E-state index in [4.69, 9.17) is 11.0 Å². The van der Waals surface area contributed by atoms with Crippen molar-refractivity contribution in [1.29, 1.82) is 5.26 Å². The monoisotopic (exact) mass is 286 g/mol. The molecule has 7 nitrogen and oxygen atoms in total. The second-order valence-electron chi connectivity index (χ2n) is 3.74. The molecule has 0 atom stereocenters. The van der Waals surface area contributed by atoms with Gasteiger partial charge in [0, 0.05) is 0 Å². The molecule has 1 heterocycles. The summed E-state index contributed by atoms with van der Waals surface area (Å²) in [6.45, 7) is 0. The van der Waals surface area contributed by atoms with Gasteiger partial charge in [0.1, 0.15) is 5.01 Å². The van der Waals surface area contributed by atoms with Gasteiger partial charge in [0.05, 0.1) is 24.3 Å². The van der Waals surface area contributed by atoms with E-state index in [1.807, 2.05) is 6.07 Å². The molecule has 1 aromatic heterocycles. The lowest BCUT2D eigenvalue weighted by atomic mass is 10.2. The van der Waals surface area contributed by atoms with E-state index >= 15 is 0 Å². The topological polar surface area (TPSA) is 117 Å². The number of nitrogens with one attached hydrogen (secondary N) is 1. The molecule has 20 heavy (non-hydrogen) atoms. The number of rotatable bonds is 4. The zero-order valence-electron chi connectivity index (χ0n) is 10.3. The van der Waals surface area contributed by atoms with Crippen molar-refractivity contribution < 1.29 is 4.79 Å². The van der Waals surface area contributed by atoms with Crippen LogP contribution in [0.15, 0.2) is 29.4 Å². The number of aromatic nitrogens is 2. The van der Waals surface area contributed by atoms with Crippen LogP contribution in [0.3, 0.4) is 0 Å². The van der Waals surface area contributed by atoms with Crippen molar-refractivity contribution in [1.82, 2.24) is 15.6 Å². The van der Waals surface area contributed by atoms with Gasteiger partial charge in [-0.05, 0) is 17.7 Å². The van der Waals surface area contributed by atoms with Gasteiger partial charge in [-0.1, -0.05) is 23.5 Å². The van der Waals surface area contributed by atoms with Crippen LogP contribution in [0.5, 0.6) is 0 Å². The van der Waals surface area contributed by atoms with Gasteiger partial charge >= 0.3 is 0 Å². The molecule has 2 rings (SSSR count). The molecule has 0 unspecified atom stereocenters. The SMILES string of the molecule is N#Cc1ccc(/C=N/NC(=O)Cc2nnc(N)s2)cc1. The molecule has 1 aromatic carbocycles. The number of carbonyl (C=O) groups excluding carboxylic acids is 1. The first-order valence-electron chi connectivity index (χ1n) is 5.57. The summed E-state index contributed by atoms with van der Waals surface area (Å²) < 4.78 is 0. The fourth-order valence-corrected chi connectivity index (χ4v) is 1.95. The first kappa shape index (κ1) is 13.6. The zero-order valence-corrected chi connectivity index (χ0v) is 11.1. The molecule has 3 N–H and O–H groups in total. The highest BCUT2D eigenvalue weighted by atomic mass is 32.1. The molecule has 0 saturated carbocycles. The second-order valence-corrected chi connectivity index (χ2v) is 4.83. The number of hydrazone groups is 1. The van der Waals surface area contributed by atoms with E-state index in [1.54, 1.807) is 24.3 Å². The predicted molar refractivity (Wildman–Crippen MR) is 74.9 cm³/mol. The number of nitrogens with two attached hydrogens (primary N) is 1. The largest absolute Gasteiger partial charge is 0.374 e. The minimum atomic E-state index is -0.300. The van der Waals surface area contributed by atoms with Crippen LogP contribution < -0.4 is 11.2 Å². The lowest BCUT2D eigenvalue weighted by Gasteiger charge is -1.96. The average Bonchev–Trinajstić information content (AvgIpc) is 2.85. The highest BCUT2D eigenvalue weighted by Gasteiger charge is 2.06. The van der Waals surface area contributed by atoms with Crippen LogP contribution >= 0.6 is 11.3 Å². The van der Waals surface area contributed by atoms with Gasteiger partial charge in [0.15, 0.2) is 0 Å². The summed E-state index contributed by atoms with van der Waals surface area (Å²) in [5, 5.41) is 20.7. The van der Waals surface area contributed by atoms with Crippen molar-refractivity contribution in [2.75, 3.05) is 5.73 Å². The summed E-state index contributed by atoms with van der Waals surface area (Å²) >= 11 is 1.16. The van der Waals surface area contributed by atoms with Gasteiger partial charge in [0.2, 0.25) is 11.0 Å². The molecule has 2 aromatic rings. The Balaban J connectivity index is 1.86. The van der Waals surface area contributed by atoms with Crippen molar-refractivity contribution >= 4 is 28.6 Å². The minimum Gasteiger partial charge on any atom is -0.374 e. The quantitative estimate of drug-likeness (QED) is 0.633. The average molecular weight is 286 g/mol. The van der Waals surface area contributed by atoms with Gasteiger partial charge < -0.3 is 5.73 Å². The van der Waals surface area contributed by atoms with E-state index in [0.717, 1.165) is 16.9 Å². The highest BCUT2D eigenvalue weighted by molar-refractivity contribution is 7.15. The van der Waals surface area contributed by atoms with Crippen molar-refractivity contribution in [3.8, 4) is 6.07 Å². The normalized spacial score (nSPS) is 10.3. The van der Waals surface area contributed by atoms with Gasteiger partial charge in [-0.3, -0.25) is 4.79 Å². The van der Waals surface area contributed by atoms with Gasteiger partial charge in [-0.2, -0.15) is 10.4 Å². The highest BCUT2D eigenvalue weighted by Crippen LogP contribution is 2.10. The summed E-state index contributed by atoms with van der Waals surface area (Å²) in [7, 11) is 0.